The SMILES string of the molecule is C/C=C(\C(F)=C(/C)F)C1CCC(C2CCCCC2)CC1. The molecule has 0 radical (unpaired) electrons. The van der Waals surface area contributed by atoms with Gasteiger partial charge in [0.25, 0.3) is 0 Å². The normalized spacial score (nSPS) is 31.1. The second-order valence-corrected chi connectivity index (χ2v) is 6.60. The zero-order chi connectivity index (χ0) is 14.5. The number of rotatable bonds is 3. The molecule has 2 aliphatic rings. The van der Waals surface area contributed by atoms with Crippen molar-refractivity contribution in [2.24, 2.45) is 17.8 Å². The van der Waals surface area contributed by atoms with Crippen LogP contribution in [0, 0.1) is 17.8 Å². The molecule has 0 amide bonds. The lowest BCUT2D eigenvalue weighted by molar-refractivity contribution is 0.176. The van der Waals surface area contributed by atoms with Crippen LogP contribution in [0.4, 0.5) is 8.78 Å². The van der Waals surface area contributed by atoms with Crippen LogP contribution >= 0.6 is 0 Å². The van der Waals surface area contributed by atoms with Gasteiger partial charge in [-0.05, 0) is 62.9 Å². The first-order chi connectivity index (χ1) is 9.63. The van der Waals surface area contributed by atoms with Gasteiger partial charge in [0.05, 0.1) is 0 Å². The summed E-state index contributed by atoms with van der Waals surface area (Å²) >= 11 is 0. The number of halogens is 2. The van der Waals surface area contributed by atoms with Gasteiger partial charge in [-0.1, -0.05) is 38.2 Å². The lowest BCUT2D eigenvalue weighted by Crippen LogP contribution is -2.24. The Balaban J connectivity index is 1.91. The lowest BCUT2D eigenvalue weighted by Gasteiger charge is -2.36. The van der Waals surface area contributed by atoms with Gasteiger partial charge in [-0.2, -0.15) is 0 Å². The minimum atomic E-state index is -0.674. The van der Waals surface area contributed by atoms with Crippen LogP contribution in [-0.4, -0.2) is 0 Å². The molecule has 0 aliphatic heterocycles. The highest BCUT2D eigenvalue weighted by Crippen LogP contribution is 2.43. The Morgan fingerprint density at radius 2 is 1.40 bits per heavy atom. The second-order valence-electron chi connectivity index (χ2n) is 6.60. The van der Waals surface area contributed by atoms with Crippen molar-refractivity contribution in [1.82, 2.24) is 0 Å². The molecule has 0 atom stereocenters. The van der Waals surface area contributed by atoms with E-state index >= 15 is 0 Å². The molecule has 2 rings (SSSR count). The summed E-state index contributed by atoms with van der Waals surface area (Å²) in [6, 6.07) is 0. The highest BCUT2D eigenvalue weighted by molar-refractivity contribution is 5.29. The van der Waals surface area contributed by atoms with Gasteiger partial charge >= 0.3 is 0 Å². The van der Waals surface area contributed by atoms with Crippen molar-refractivity contribution in [3.8, 4) is 0 Å². The average Bonchev–Trinajstić information content (AvgIpc) is 2.49. The van der Waals surface area contributed by atoms with Gasteiger partial charge in [-0.3, -0.25) is 0 Å². The predicted molar refractivity (Wildman–Crippen MR) is 80.7 cm³/mol. The standard InChI is InChI=1S/C18H28F2/c1-3-17(18(20)13(2)19)16-11-9-15(10-12-16)14-7-5-4-6-8-14/h3,14-16H,4-12H2,1-2H3/b17-3-,18-13-. The van der Waals surface area contributed by atoms with Gasteiger partial charge in [0, 0.05) is 0 Å². The van der Waals surface area contributed by atoms with Crippen LogP contribution < -0.4 is 0 Å². The molecule has 20 heavy (non-hydrogen) atoms. The van der Waals surface area contributed by atoms with Crippen LogP contribution in [0.1, 0.15) is 71.6 Å². The van der Waals surface area contributed by atoms with Crippen molar-refractivity contribution in [3.63, 3.8) is 0 Å². The molecular weight excluding hydrogens is 254 g/mol. The van der Waals surface area contributed by atoms with Gasteiger partial charge in [0.15, 0.2) is 5.83 Å². The third-order valence-electron chi connectivity index (χ3n) is 5.40. The zero-order valence-electron chi connectivity index (χ0n) is 12.9. The van der Waals surface area contributed by atoms with Gasteiger partial charge in [0.2, 0.25) is 0 Å². The summed E-state index contributed by atoms with van der Waals surface area (Å²) in [4.78, 5) is 0. The van der Waals surface area contributed by atoms with Crippen LogP contribution in [0.5, 0.6) is 0 Å². The largest absolute Gasteiger partial charge is 0.209 e. The predicted octanol–water partition coefficient (Wildman–Crippen LogP) is 6.49. The van der Waals surface area contributed by atoms with Crippen molar-refractivity contribution in [1.29, 1.82) is 0 Å². The van der Waals surface area contributed by atoms with Crippen LogP contribution in [-0.2, 0) is 0 Å². The first kappa shape index (κ1) is 15.7. The molecule has 0 spiro atoms. The highest BCUT2D eigenvalue weighted by Gasteiger charge is 2.30. The fraction of sp³-hybridized carbons (Fsp3) is 0.778. The van der Waals surface area contributed by atoms with E-state index in [9.17, 15) is 8.78 Å². The summed E-state index contributed by atoms with van der Waals surface area (Å²) in [5, 5.41) is 0. The number of allylic oxidation sites excluding steroid dienone is 4. The maximum absolute atomic E-state index is 13.9. The molecule has 0 nitrogen and oxygen atoms in total. The Bertz CT molecular complexity index is 363. The molecule has 0 aromatic heterocycles. The fourth-order valence-corrected chi connectivity index (χ4v) is 4.25. The van der Waals surface area contributed by atoms with Crippen LogP contribution in [0.2, 0.25) is 0 Å². The maximum Gasteiger partial charge on any atom is 0.157 e. The van der Waals surface area contributed by atoms with E-state index in [1.54, 1.807) is 6.08 Å². The van der Waals surface area contributed by atoms with E-state index in [1.807, 2.05) is 6.92 Å². The Hall–Kier alpha value is -0.660. The maximum atomic E-state index is 13.9. The van der Waals surface area contributed by atoms with Crippen LogP contribution in [0.3, 0.4) is 0 Å². The molecule has 114 valence electrons. The lowest BCUT2D eigenvalue weighted by atomic mass is 9.69. The van der Waals surface area contributed by atoms with Gasteiger partial charge in [-0.25, -0.2) is 8.78 Å². The van der Waals surface area contributed by atoms with E-state index in [2.05, 4.69) is 0 Å². The molecule has 0 heterocycles. The van der Waals surface area contributed by atoms with Crippen molar-refractivity contribution in [3.05, 3.63) is 23.3 Å². The fourth-order valence-electron chi connectivity index (χ4n) is 4.25. The summed E-state index contributed by atoms with van der Waals surface area (Å²) in [6.45, 7) is 3.04. The van der Waals surface area contributed by atoms with Crippen molar-refractivity contribution in [2.75, 3.05) is 0 Å². The molecule has 2 aliphatic carbocycles. The molecule has 0 saturated heterocycles. The third-order valence-corrected chi connectivity index (χ3v) is 5.40. The molecule has 2 fully saturated rings. The van der Waals surface area contributed by atoms with E-state index in [0.717, 1.165) is 24.7 Å². The average molecular weight is 282 g/mol. The highest BCUT2D eigenvalue weighted by atomic mass is 19.2. The van der Waals surface area contributed by atoms with Gasteiger partial charge in [0.1, 0.15) is 5.83 Å². The minimum absolute atomic E-state index is 0.227. The molecule has 0 unspecified atom stereocenters. The second kappa shape index (κ2) is 7.38. The smallest absolute Gasteiger partial charge is 0.157 e. The first-order valence-corrected chi connectivity index (χ1v) is 8.32. The Morgan fingerprint density at radius 1 is 0.850 bits per heavy atom. The third kappa shape index (κ3) is 3.71. The summed E-state index contributed by atoms with van der Waals surface area (Å²) in [7, 11) is 0. The van der Waals surface area contributed by atoms with E-state index in [-0.39, 0.29) is 5.92 Å². The summed E-state index contributed by atoms with van der Waals surface area (Å²) < 4.78 is 27.0. The summed E-state index contributed by atoms with van der Waals surface area (Å²) in [6.07, 6.45) is 13.2. The van der Waals surface area contributed by atoms with Gasteiger partial charge in [-0.15, -0.1) is 0 Å². The number of hydrogen-bond acceptors (Lipinski definition) is 0. The van der Waals surface area contributed by atoms with E-state index in [1.165, 1.54) is 51.9 Å². The quantitative estimate of drug-likeness (QED) is 0.519. The van der Waals surface area contributed by atoms with Crippen molar-refractivity contribution >= 4 is 0 Å². The van der Waals surface area contributed by atoms with Crippen LogP contribution in [0.25, 0.3) is 0 Å². The van der Waals surface area contributed by atoms with E-state index < -0.39 is 11.7 Å². The molecule has 2 heteroatoms. The Kier molecular flexibility index (Phi) is 5.80. The summed E-state index contributed by atoms with van der Waals surface area (Å²) in [5.41, 5.74) is 0.604. The minimum Gasteiger partial charge on any atom is -0.209 e. The topological polar surface area (TPSA) is 0 Å². The first-order valence-electron chi connectivity index (χ1n) is 8.32. The molecule has 0 bridgehead atoms. The van der Waals surface area contributed by atoms with Crippen molar-refractivity contribution in [2.45, 2.75) is 71.6 Å². The van der Waals surface area contributed by atoms with Crippen molar-refractivity contribution < 1.29 is 8.78 Å². The number of hydrogen-bond donors (Lipinski definition) is 0. The summed E-state index contributed by atoms with van der Waals surface area (Å²) in [5.74, 6) is 0.678. The van der Waals surface area contributed by atoms with E-state index in [0.29, 0.717) is 5.57 Å². The molecule has 2 saturated carbocycles. The Morgan fingerprint density at radius 3 is 1.90 bits per heavy atom. The molecule has 0 aromatic carbocycles. The molecular formula is C18H28F2. The molecule has 0 aromatic rings. The monoisotopic (exact) mass is 282 g/mol. The van der Waals surface area contributed by atoms with Crippen LogP contribution in [0.15, 0.2) is 23.3 Å². The molecule has 0 N–H and O–H groups in total. The zero-order valence-corrected chi connectivity index (χ0v) is 12.9. The van der Waals surface area contributed by atoms with Gasteiger partial charge < -0.3 is 0 Å². The Labute approximate surface area is 122 Å². The van der Waals surface area contributed by atoms with E-state index in [4.69, 9.17) is 0 Å².